The molecule has 0 aliphatic heterocycles. The molecule has 0 aliphatic carbocycles. The highest BCUT2D eigenvalue weighted by molar-refractivity contribution is 5.62. The van der Waals surface area contributed by atoms with Gasteiger partial charge in [-0.1, -0.05) is 44.7 Å². The fraction of sp³-hybridized carbons (Fsp3) is 0.500. The highest BCUT2D eigenvalue weighted by atomic mass is 15.2. The van der Waals surface area contributed by atoms with E-state index in [1.54, 1.807) is 0 Å². The Labute approximate surface area is 121 Å². The van der Waals surface area contributed by atoms with Crippen molar-refractivity contribution in [3.05, 3.63) is 30.1 Å². The van der Waals surface area contributed by atoms with E-state index < -0.39 is 0 Å². The average molecular weight is 272 g/mol. The Morgan fingerprint density at radius 3 is 2.75 bits per heavy atom. The summed E-state index contributed by atoms with van der Waals surface area (Å²) in [6, 6.07) is 8.28. The molecule has 0 saturated heterocycles. The van der Waals surface area contributed by atoms with Crippen LogP contribution in [0.4, 0.5) is 5.69 Å². The monoisotopic (exact) mass is 272 g/mol. The molecule has 4 nitrogen and oxygen atoms in total. The lowest BCUT2D eigenvalue weighted by Crippen LogP contribution is -2.01. The number of nitrogens with zero attached hydrogens (tertiary/aromatic N) is 2. The topological polar surface area (TPSA) is 53.6 Å². The van der Waals surface area contributed by atoms with E-state index >= 15 is 0 Å². The molecule has 0 aliphatic rings. The molecule has 0 amide bonds. The van der Waals surface area contributed by atoms with Crippen LogP contribution in [-0.2, 0) is 0 Å². The van der Waals surface area contributed by atoms with Gasteiger partial charge in [0.15, 0.2) is 5.82 Å². The molecule has 1 aromatic carbocycles. The maximum absolute atomic E-state index is 4.36. The van der Waals surface area contributed by atoms with Gasteiger partial charge in [0.05, 0.1) is 0 Å². The normalized spacial score (nSPS) is 10.7. The van der Waals surface area contributed by atoms with Crippen molar-refractivity contribution in [1.29, 1.82) is 0 Å². The van der Waals surface area contributed by atoms with E-state index in [2.05, 4.69) is 39.6 Å². The molecular weight excluding hydrogens is 248 g/mol. The lowest BCUT2D eigenvalue weighted by atomic mass is 10.1. The third-order valence-electron chi connectivity index (χ3n) is 3.33. The van der Waals surface area contributed by atoms with Crippen LogP contribution < -0.4 is 5.32 Å². The Bertz CT molecular complexity index is 519. The molecule has 108 valence electrons. The maximum Gasteiger partial charge on any atom is 0.181 e. The van der Waals surface area contributed by atoms with Crippen molar-refractivity contribution in [1.82, 2.24) is 15.2 Å². The summed E-state index contributed by atoms with van der Waals surface area (Å²) in [5, 5.41) is 10.5. The first kappa shape index (κ1) is 14.6. The largest absolute Gasteiger partial charge is 0.385 e. The van der Waals surface area contributed by atoms with Crippen molar-refractivity contribution < 1.29 is 0 Å². The third kappa shape index (κ3) is 4.37. The summed E-state index contributed by atoms with van der Waals surface area (Å²) in [7, 11) is 0. The molecule has 1 heterocycles. The molecule has 0 bridgehead atoms. The summed E-state index contributed by atoms with van der Waals surface area (Å²) in [4.78, 5) is 4.36. The van der Waals surface area contributed by atoms with Gasteiger partial charge in [0.2, 0.25) is 0 Å². The Balaban J connectivity index is 1.84. The number of aromatic amines is 1. The van der Waals surface area contributed by atoms with Crippen LogP contribution in [-0.4, -0.2) is 21.7 Å². The van der Waals surface area contributed by atoms with E-state index in [0.717, 1.165) is 29.4 Å². The number of hydrogen-bond donors (Lipinski definition) is 2. The summed E-state index contributed by atoms with van der Waals surface area (Å²) < 4.78 is 0. The van der Waals surface area contributed by atoms with Crippen LogP contribution in [0.2, 0.25) is 0 Å². The minimum absolute atomic E-state index is 0.758. The smallest absolute Gasteiger partial charge is 0.181 e. The quantitative estimate of drug-likeness (QED) is 0.709. The number of aryl methyl sites for hydroxylation is 1. The van der Waals surface area contributed by atoms with E-state index in [1.807, 2.05) is 19.1 Å². The van der Waals surface area contributed by atoms with Crippen molar-refractivity contribution >= 4 is 5.69 Å². The van der Waals surface area contributed by atoms with E-state index in [9.17, 15) is 0 Å². The zero-order valence-electron chi connectivity index (χ0n) is 12.4. The molecule has 20 heavy (non-hydrogen) atoms. The van der Waals surface area contributed by atoms with E-state index in [4.69, 9.17) is 0 Å². The number of rotatable bonds is 8. The number of benzene rings is 1. The summed E-state index contributed by atoms with van der Waals surface area (Å²) in [5.74, 6) is 1.60. The second-order valence-electron chi connectivity index (χ2n) is 5.17. The molecule has 2 aromatic rings. The fourth-order valence-corrected chi connectivity index (χ4v) is 2.20. The summed E-state index contributed by atoms with van der Waals surface area (Å²) >= 11 is 0. The SMILES string of the molecule is CCCCCCCNc1cccc(-c2n[nH]c(C)n2)c1. The van der Waals surface area contributed by atoms with Gasteiger partial charge in [0, 0.05) is 17.8 Å². The van der Waals surface area contributed by atoms with Crippen LogP contribution in [0.25, 0.3) is 11.4 Å². The van der Waals surface area contributed by atoms with Gasteiger partial charge >= 0.3 is 0 Å². The molecule has 4 heteroatoms. The fourth-order valence-electron chi connectivity index (χ4n) is 2.20. The molecular formula is C16H24N4. The third-order valence-corrected chi connectivity index (χ3v) is 3.33. The van der Waals surface area contributed by atoms with Crippen LogP contribution in [0, 0.1) is 6.92 Å². The van der Waals surface area contributed by atoms with Gasteiger partial charge in [-0.25, -0.2) is 4.98 Å². The van der Waals surface area contributed by atoms with Gasteiger partial charge in [0.1, 0.15) is 5.82 Å². The number of hydrogen-bond acceptors (Lipinski definition) is 3. The Morgan fingerprint density at radius 1 is 1.15 bits per heavy atom. The van der Waals surface area contributed by atoms with Gasteiger partial charge in [0.25, 0.3) is 0 Å². The predicted octanol–water partition coefficient (Wildman–Crippen LogP) is 4.16. The van der Waals surface area contributed by atoms with E-state index in [-0.39, 0.29) is 0 Å². The van der Waals surface area contributed by atoms with Crippen LogP contribution in [0.1, 0.15) is 44.9 Å². The van der Waals surface area contributed by atoms with Crippen molar-refractivity contribution in [2.24, 2.45) is 0 Å². The van der Waals surface area contributed by atoms with Crippen LogP contribution in [0.5, 0.6) is 0 Å². The zero-order valence-corrected chi connectivity index (χ0v) is 12.4. The minimum Gasteiger partial charge on any atom is -0.385 e. The molecule has 2 N–H and O–H groups in total. The highest BCUT2D eigenvalue weighted by Crippen LogP contribution is 2.19. The standard InChI is InChI=1S/C16H24N4/c1-3-4-5-6-7-11-17-15-10-8-9-14(12-15)16-18-13(2)19-20-16/h8-10,12,17H,3-7,11H2,1-2H3,(H,18,19,20). The zero-order chi connectivity index (χ0) is 14.2. The van der Waals surface area contributed by atoms with Crippen molar-refractivity contribution in [3.63, 3.8) is 0 Å². The van der Waals surface area contributed by atoms with Gasteiger partial charge in [-0.2, -0.15) is 5.10 Å². The van der Waals surface area contributed by atoms with E-state index in [0.29, 0.717) is 0 Å². The minimum atomic E-state index is 0.758. The van der Waals surface area contributed by atoms with Gasteiger partial charge in [-0.15, -0.1) is 0 Å². The average Bonchev–Trinajstić information content (AvgIpc) is 2.90. The first-order valence-corrected chi connectivity index (χ1v) is 7.53. The van der Waals surface area contributed by atoms with Crippen molar-refractivity contribution in [2.45, 2.75) is 46.0 Å². The number of H-pyrrole nitrogens is 1. The first-order chi connectivity index (χ1) is 9.79. The molecule has 0 spiro atoms. The van der Waals surface area contributed by atoms with Crippen LogP contribution in [0.15, 0.2) is 24.3 Å². The van der Waals surface area contributed by atoms with Crippen molar-refractivity contribution in [2.75, 3.05) is 11.9 Å². The predicted molar refractivity (Wildman–Crippen MR) is 83.8 cm³/mol. The molecule has 2 rings (SSSR count). The summed E-state index contributed by atoms with van der Waals surface area (Å²) in [5.41, 5.74) is 2.19. The first-order valence-electron chi connectivity index (χ1n) is 7.53. The Hall–Kier alpha value is -1.84. The lowest BCUT2D eigenvalue weighted by Gasteiger charge is -2.07. The lowest BCUT2D eigenvalue weighted by molar-refractivity contribution is 0.645. The van der Waals surface area contributed by atoms with Gasteiger partial charge < -0.3 is 5.32 Å². The number of unbranched alkanes of at least 4 members (excludes halogenated alkanes) is 4. The molecule has 0 saturated carbocycles. The molecule has 0 fully saturated rings. The molecule has 0 radical (unpaired) electrons. The highest BCUT2D eigenvalue weighted by Gasteiger charge is 2.04. The van der Waals surface area contributed by atoms with Gasteiger partial charge in [-0.3, -0.25) is 5.10 Å². The van der Waals surface area contributed by atoms with Gasteiger partial charge in [-0.05, 0) is 25.5 Å². The number of aromatic nitrogens is 3. The maximum atomic E-state index is 4.36. The van der Waals surface area contributed by atoms with E-state index in [1.165, 1.54) is 32.1 Å². The Kier molecular flexibility index (Phi) is 5.59. The van der Waals surface area contributed by atoms with Crippen LogP contribution >= 0.6 is 0 Å². The number of nitrogens with one attached hydrogen (secondary N) is 2. The molecule has 1 aromatic heterocycles. The van der Waals surface area contributed by atoms with Crippen molar-refractivity contribution in [3.8, 4) is 11.4 Å². The molecule has 0 unspecified atom stereocenters. The molecule has 0 atom stereocenters. The summed E-state index contributed by atoms with van der Waals surface area (Å²) in [6.45, 7) is 5.18. The number of anilines is 1. The second-order valence-corrected chi connectivity index (χ2v) is 5.17. The second kappa shape index (κ2) is 7.68. The van der Waals surface area contributed by atoms with Crippen LogP contribution in [0.3, 0.4) is 0 Å². The summed E-state index contributed by atoms with van der Waals surface area (Å²) in [6.07, 6.45) is 6.52. The Morgan fingerprint density at radius 2 is 2.00 bits per heavy atom.